The van der Waals surface area contributed by atoms with E-state index in [2.05, 4.69) is 21.0 Å². The number of rotatable bonds is 5. The number of ether oxygens (including phenoxy) is 1. The Morgan fingerprint density at radius 2 is 1.69 bits per heavy atom. The van der Waals surface area contributed by atoms with Crippen molar-refractivity contribution in [2.45, 2.75) is 26.2 Å². The SMILES string of the molecule is COc1cccc(-c2cc(C(=O)N3CCN(c4nc(C)cc(N5CCCCC5)n4)CC3)n(C)n2)c1. The highest BCUT2D eigenvalue weighted by Gasteiger charge is 2.27. The largest absolute Gasteiger partial charge is 0.497 e. The summed E-state index contributed by atoms with van der Waals surface area (Å²) in [5.74, 6) is 2.54. The Balaban J connectivity index is 1.27. The van der Waals surface area contributed by atoms with E-state index < -0.39 is 0 Å². The average Bonchev–Trinajstić information content (AvgIpc) is 3.30. The van der Waals surface area contributed by atoms with Gasteiger partial charge in [0.25, 0.3) is 5.91 Å². The number of aromatic nitrogens is 4. The number of hydrogen-bond donors (Lipinski definition) is 0. The van der Waals surface area contributed by atoms with Crippen LogP contribution in [0.15, 0.2) is 36.4 Å². The summed E-state index contributed by atoms with van der Waals surface area (Å²) >= 11 is 0. The van der Waals surface area contributed by atoms with Gasteiger partial charge < -0.3 is 19.4 Å². The molecule has 2 saturated heterocycles. The van der Waals surface area contributed by atoms with E-state index in [1.54, 1.807) is 11.8 Å². The maximum Gasteiger partial charge on any atom is 0.272 e. The first kappa shape index (κ1) is 23.1. The van der Waals surface area contributed by atoms with Crippen molar-refractivity contribution in [1.82, 2.24) is 24.6 Å². The summed E-state index contributed by atoms with van der Waals surface area (Å²) in [6.07, 6.45) is 3.72. The highest BCUT2D eigenvalue weighted by Crippen LogP contribution is 2.25. The molecule has 2 aliphatic rings. The third kappa shape index (κ3) is 4.94. The molecule has 0 saturated carbocycles. The second-order valence-corrected chi connectivity index (χ2v) is 9.26. The minimum absolute atomic E-state index is 0.00652. The average molecular weight is 476 g/mol. The predicted molar refractivity (Wildman–Crippen MR) is 136 cm³/mol. The number of piperidine rings is 1. The normalized spacial score (nSPS) is 16.5. The van der Waals surface area contributed by atoms with E-state index in [9.17, 15) is 4.79 Å². The third-order valence-electron chi connectivity index (χ3n) is 6.82. The van der Waals surface area contributed by atoms with Crippen molar-refractivity contribution < 1.29 is 9.53 Å². The van der Waals surface area contributed by atoms with Gasteiger partial charge in [0, 0.05) is 63.6 Å². The van der Waals surface area contributed by atoms with Gasteiger partial charge >= 0.3 is 0 Å². The van der Waals surface area contributed by atoms with E-state index in [1.165, 1.54) is 19.3 Å². The van der Waals surface area contributed by atoms with Crippen molar-refractivity contribution in [2.24, 2.45) is 7.05 Å². The monoisotopic (exact) mass is 475 g/mol. The third-order valence-corrected chi connectivity index (χ3v) is 6.82. The lowest BCUT2D eigenvalue weighted by atomic mass is 10.1. The molecule has 0 radical (unpaired) electrons. The first-order valence-corrected chi connectivity index (χ1v) is 12.3. The molecule has 1 aromatic carbocycles. The molecule has 0 N–H and O–H groups in total. The minimum Gasteiger partial charge on any atom is -0.497 e. The zero-order chi connectivity index (χ0) is 24.4. The second kappa shape index (κ2) is 9.93. The molecule has 3 aromatic rings. The van der Waals surface area contributed by atoms with Crippen LogP contribution in [0.1, 0.15) is 35.4 Å². The molecule has 0 aliphatic carbocycles. The van der Waals surface area contributed by atoms with Gasteiger partial charge in [-0.05, 0) is 44.4 Å². The standard InChI is InChI=1S/C26H33N7O2/c1-19-16-24(31-10-5-4-6-11-31)28-26(27-19)33-14-12-32(13-15-33)25(34)23-18-22(29-30(23)2)20-8-7-9-21(17-20)35-3/h7-9,16-18H,4-6,10-15H2,1-3H3. The molecule has 0 unspecified atom stereocenters. The Morgan fingerprint density at radius 3 is 2.43 bits per heavy atom. The van der Waals surface area contributed by atoms with Crippen molar-refractivity contribution in [2.75, 3.05) is 56.2 Å². The van der Waals surface area contributed by atoms with Crippen molar-refractivity contribution in [3.8, 4) is 17.0 Å². The fourth-order valence-electron chi connectivity index (χ4n) is 4.83. The van der Waals surface area contributed by atoms with Crippen LogP contribution >= 0.6 is 0 Å². The van der Waals surface area contributed by atoms with Crippen LogP contribution in [0.25, 0.3) is 11.3 Å². The summed E-state index contributed by atoms with van der Waals surface area (Å²) in [6, 6.07) is 11.7. The van der Waals surface area contributed by atoms with E-state index in [0.717, 1.165) is 47.6 Å². The molecular formula is C26H33N7O2. The summed E-state index contributed by atoms with van der Waals surface area (Å²) in [5, 5.41) is 4.58. The van der Waals surface area contributed by atoms with E-state index in [-0.39, 0.29) is 5.91 Å². The van der Waals surface area contributed by atoms with E-state index in [1.807, 2.05) is 49.2 Å². The lowest BCUT2D eigenvalue weighted by molar-refractivity contribution is 0.0735. The van der Waals surface area contributed by atoms with E-state index in [4.69, 9.17) is 14.7 Å². The quantitative estimate of drug-likeness (QED) is 0.561. The number of piperazine rings is 1. The van der Waals surface area contributed by atoms with Gasteiger partial charge in [-0.25, -0.2) is 4.98 Å². The molecule has 2 aromatic heterocycles. The number of methoxy groups -OCH3 is 1. The highest BCUT2D eigenvalue weighted by molar-refractivity contribution is 5.94. The molecule has 9 nitrogen and oxygen atoms in total. The van der Waals surface area contributed by atoms with Gasteiger partial charge in [-0.1, -0.05) is 12.1 Å². The van der Waals surface area contributed by atoms with Gasteiger partial charge in [0.2, 0.25) is 5.95 Å². The number of anilines is 2. The van der Waals surface area contributed by atoms with Gasteiger partial charge in [0.05, 0.1) is 12.8 Å². The van der Waals surface area contributed by atoms with Crippen molar-refractivity contribution in [3.63, 3.8) is 0 Å². The van der Waals surface area contributed by atoms with Gasteiger partial charge in [-0.15, -0.1) is 0 Å². The van der Waals surface area contributed by atoms with Crippen molar-refractivity contribution >= 4 is 17.7 Å². The molecule has 0 spiro atoms. The number of carbonyl (C=O) groups excluding carboxylic acids is 1. The van der Waals surface area contributed by atoms with Crippen molar-refractivity contribution in [1.29, 1.82) is 0 Å². The Labute approximate surface area is 206 Å². The number of amides is 1. The smallest absolute Gasteiger partial charge is 0.272 e. The highest BCUT2D eigenvalue weighted by atomic mass is 16.5. The molecule has 2 aliphatic heterocycles. The van der Waals surface area contributed by atoms with E-state index in [0.29, 0.717) is 31.9 Å². The lowest BCUT2D eigenvalue weighted by Crippen LogP contribution is -2.49. The summed E-state index contributed by atoms with van der Waals surface area (Å²) in [7, 11) is 3.46. The molecule has 1 amide bonds. The summed E-state index contributed by atoms with van der Waals surface area (Å²) in [5.41, 5.74) is 3.24. The molecule has 5 rings (SSSR count). The first-order valence-electron chi connectivity index (χ1n) is 12.3. The summed E-state index contributed by atoms with van der Waals surface area (Å²) in [6.45, 7) is 6.79. The van der Waals surface area contributed by atoms with Gasteiger partial charge in [0.15, 0.2) is 0 Å². The van der Waals surface area contributed by atoms with Gasteiger partial charge in [-0.2, -0.15) is 10.1 Å². The first-order chi connectivity index (χ1) is 17.0. The number of hydrogen-bond acceptors (Lipinski definition) is 7. The zero-order valence-electron chi connectivity index (χ0n) is 20.8. The summed E-state index contributed by atoms with van der Waals surface area (Å²) < 4.78 is 6.99. The lowest BCUT2D eigenvalue weighted by Gasteiger charge is -2.35. The van der Waals surface area contributed by atoms with Crippen LogP contribution < -0.4 is 14.5 Å². The van der Waals surface area contributed by atoms with Gasteiger partial charge in [-0.3, -0.25) is 9.48 Å². The number of benzene rings is 1. The number of nitrogens with zero attached hydrogens (tertiary/aromatic N) is 7. The second-order valence-electron chi connectivity index (χ2n) is 9.26. The van der Waals surface area contributed by atoms with Crippen molar-refractivity contribution in [3.05, 3.63) is 47.8 Å². The molecular weight excluding hydrogens is 442 g/mol. The van der Waals surface area contributed by atoms with Crippen LogP contribution in [-0.2, 0) is 7.05 Å². The predicted octanol–water partition coefficient (Wildman–Crippen LogP) is 3.15. The number of carbonyl (C=O) groups is 1. The van der Waals surface area contributed by atoms with Crippen LogP contribution in [0.4, 0.5) is 11.8 Å². The molecule has 9 heteroatoms. The Morgan fingerprint density at radius 1 is 0.914 bits per heavy atom. The van der Waals surface area contributed by atoms with Crippen LogP contribution in [0.2, 0.25) is 0 Å². The summed E-state index contributed by atoms with van der Waals surface area (Å²) in [4.78, 5) is 29.4. The molecule has 0 atom stereocenters. The minimum atomic E-state index is -0.00652. The fraction of sp³-hybridized carbons (Fsp3) is 0.462. The van der Waals surface area contributed by atoms with Crippen LogP contribution in [0.5, 0.6) is 5.75 Å². The van der Waals surface area contributed by atoms with Crippen LogP contribution in [-0.4, -0.2) is 76.9 Å². The topological polar surface area (TPSA) is 79.6 Å². The zero-order valence-corrected chi connectivity index (χ0v) is 20.8. The Hall–Kier alpha value is -3.62. The maximum absolute atomic E-state index is 13.3. The van der Waals surface area contributed by atoms with Crippen LogP contribution in [0.3, 0.4) is 0 Å². The molecule has 4 heterocycles. The Kier molecular flexibility index (Phi) is 6.57. The fourth-order valence-corrected chi connectivity index (χ4v) is 4.83. The number of aryl methyl sites for hydroxylation is 2. The molecule has 35 heavy (non-hydrogen) atoms. The molecule has 184 valence electrons. The van der Waals surface area contributed by atoms with Gasteiger partial charge in [0.1, 0.15) is 17.3 Å². The maximum atomic E-state index is 13.3. The van der Waals surface area contributed by atoms with Crippen LogP contribution in [0, 0.1) is 6.92 Å². The molecule has 2 fully saturated rings. The molecule has 0 bridgehead atoms. The Bertz CT molecular complexity index is 1190. The van der Waals surface area contributed by atoms with E-state index >= 15 is 0 Å².